The van der Waals surface area contributed by atoms with Crippen molar-refractivity contribution < 1.29 is 23.3 Å². The Bertz CT molecular complexity index is 1960. The molecule has 0 spiro atoms. The fourth-order valence-corrected chi connectivity index (χ4v) is 7.99. The second kappa shape index (κ2) is 16.7. The highest BCUT2D eigenvalue weighted by atomic mass is 35.5. The fraction of sp³-hybridized carbons (Fsp3) is 0.342. The van der Waals surface area contributed by atoms with E-state index < -0.39 is 22.6 Å². The van der Waals surface area contributed by atoms with Crippen molar-refractivity contribution in [2.24, 2.45) is 5.73 Å². The maximum Gasteiger partial charge on any atom is 0.258 e. The van der Waals surface area contributed by atoms with Crippen molar-refractivity contribution in [3.8, 4) is 17.6 Å². The smallest absolute Gasteiger partial charge is 0.258 e. The second-order valence-corrected chi connectivity index (χ2v) is 14.6. The predicted molar refractivity (Wildman–Crippen MR) is 198 cm³/mol. The quantitative estimate of drug-likeness (QED) is 0.161. The first-order valence-electron chi connectivity index (χ1n) is 16.3. The number of nitriles is 1. The molecule has 5 rings (SSSR count). The van der Waals surface area contributed by atoms with Crippen LogP contribution < -0.4 is 15.2 Å². The minimum absolute atomic E-state index is 0.145. The van der Waals surface area contributed by atoms with E-state index in [4.69, 9.17) is 38.4 Å². The Hall–Kier alpha value is -4.14. The van der Waals surface area contributed by atoms with Gasteiger partial charge in [-0.3, -0.25) is 13.8 Å². The van der Waals surface area contributed by atoms with E-state index in [9.17, 15) is 19.1 Å². The molecule has 12 heteroatoms. The van der Waals surface area contributed by atoms with Gasteiger partial charge >= 0.3 is 0 Å². The van der Waals surface area contributed by atoms with E-state index in [1.54, 1.807) is 37.6 Å². The lowest BCUT2D eigenvalue weighted by Gasteiger charge is -2.34. The zero-order chi connectivity index (χ0) is 35.9. The predicted octanol–water partition coefficient (Wildman–Crippen LogP) is 6.75. The number of primary amides is 1. The number of piperidine rings is 1. The topological polar surface area (TPSA) is 126 Å². The highest BCUT2D eigenvalue weighted by Gasteiger charge is 2.30. The number of methoxy groups -OCH3 is 2. The maximum atomic E-state index is 14.5. The Labute approximate surface area is 305 Å². The summed E-state index contributed by atoms with van der Waals surface area (Å²) in [6.07, 6.45) is 4.15. The number of likely N-dealkylation sites (tertiary alicyclic amines) is 1. The maximum absolute atomic E-state index is 14.5. The van der Waals surface area contributed by atoms with E-state index in [0.717, 1.165) is 48.5 Å². The zero-order valence-corrected chi connectivity index (χ0v) is 30.6. The number of ether oxygens (including phenoxy) is 2. The molecule has 1 heterocycles. The summed E-state index contributed by atoms with van der Waals surface area (Å²) in [7, 11) is 1.88. The molecule has 0 aromatic heterocycles. The molecule has 1 aliphatic rings. The average molecular weight is 736 g/mol. The van der Waals surface area contributed by atoms with Gasteiger partial charge in [0.2, 0.25) is 5.91 Å². The van der Waals surface area contributed by atoms with Crippen molar-refractivity contribution in [1.29, 1.82) is 5.26 Å². The van der Waals surface area contributed by atoms with Crippen molar-refractivity contribution in [2.45, 2.75) is 36.0 Å². The summed E-state index contributed by atoms with van der Waals surface area (Å²) in [4.78, 5) is 31.5. The Balaban J connectivity index is 1.41. The summed E-state index contributed by atoms with van der Waals surface area (Å²) < 4.78 is 23.6. The molecule has 2 N–H and O–H groups in total. The lowest BCUT2D eigenvalue weighted by molar-refractivity contribution is -0.118. The van der Waals surface area contributed by atoms with E-state index in [1.807, 2.05) is 42.5 Å². The first kappa shape index (κ1) is 37.1. The van der Waals surface area contributed by atoms with Crippen LogP contribution >= 0.6 is 23.2 Å². The largest absolute Gasteiger partial charge is 0.497 e. The number of hydrogen-bond acceptors (Lipinski definition) is 7. The molecule has 2 atom stereocenters. The zero-order valence-electron chi connectivity index (χ0n) is 28.3. The number of nitrogens with zero attached hydrogens (tertiary/aromatic N) is 3. The van der Waals surface area contributed by atoms with Crippen LogP contribution in [0, 0.1) is 11.3 Å². The number of hydrogen-bond donors (Lipinski definition) is 1. The highest BCUT2D eigenvalue weighted by Crippen LogP contribution is 2.36. The van der Waals surface area contributed by atoms with Crippen LogP contribution in [0.1, 0.15) is 58.1 Å². The van der Waals surface area contributed by atoms with Gasteiger partial charge < -0.3 is 25.0 Å². The second-order valence-electron chi connectivity index (χ2n) is 12.5. The van der Waals surface area contributed by atoms with E-state index in [1.165, 1.54) is 12.0 Å². The van der Waals surface area contributed by atoms with Crippen molar-refractivity contribution in [3.05, 3.63) is 99.0 Å². The lowest BCUT2D eigenvalue weighted by atomic mass is 9.88. The number of amides is 2. The van der Waals surface area contributed by atoms with Crippen molar-refractivity contribution in [2.75, 3.05) is 53.2 Å². The fourth-order valence-electron chi connectivity index (χ4n) is 6.83. The molecule has 1 fully saturated rings. The number of carbonyl (C=O) groups is 2. The molecule has 1 saturated heterocycles. The van der Waals surface area contributed by atoms with Gasteiger partial charge in [0.1, 0.15) is 17.6 Å². The molecule has 4 aromatic rings. The van der Waals surface area contributed by atoms with Crippen molar-refractivity contribution in [1.82, 2.24) is 9.80 Å². The molecule has 2 unspecified atom stereocenters. The van der Waals surface area contributed by atoms with E-state index in [-0.39, 0.29) is 41.8 Å². The van der Waals surface area contributed by atoms with Crippen LogP contribution in [0.5, 0.6) is 11.5 Å². The summed E-state index contributed by atoms with van der Waals surface area (Å²) in [6.45, 7) is 2.23. The average Bonchev–Trinajstić information content (AvgIpc) is 3.12. The van der Waals surface area contributed by atoms with Gasteiger partial charge in [0.15, 0.2) is 0 Å². The van der Waals surface area contributed by atoms with Crippen molar-refractivity contribution in [3.63, 3.8) is 0 Å². The van der Waals surface area contributed by atoms with Crippen molar-refractivity contribution >= 4 is 56.6 Å². The van der Waals surface area contributed by atoms with E-state index in [2.05, 4.69) is 11.0 Å². The lowest BCUT2D eigenvalue weighted by Crippen LogP contribution is -2.42. The molecule has 1 aliphatic heterocycles. The SMILES string of the molecule is COc1ccc(C2CCN(CCC(CN(CC(N)=O)C(=O)c3c(OC)c(C#N)cc4ccccc34)c3ccc(Cl)c(Cl)c3)CC2)c(S(C)=O)c1. The van der Waals surface area contributed by atoms with Crippen LogP contribution in [0.15, 0.2) is 71.6 Å². The Kier molecular flexibility index (Phi) is 12.4. The van der Waals surface area contributed by atoms with E-state index >= 15 is 0 Å². The first-order chi connectivity index (χ1) is 24.0. The standard InChI is InChI=1S/C38H40Cl2N4O5S/c1-48-29-9-10-30(34(20-29)50(3)47)24-12-15-43(16-13-24)17-14-27(25-8-11-32(39)33(40)19-25)22-44(23-35(42)45)38(46)36-31-7-5-4-6-26(31)18-28(21-41)37(36)49-2/h4-11,18-20,24,27H,12-17,22-23H2,1-3H3,(H2,42,45). The summed E-state index contributed by atoms with van der Waals surface area (Å²) >= 11 is 12.8. The highest BCUT2D eigenvalue weighted by molar-refractivity contribution is 7.84. The third kappa shape index (κ3) is 8.41. The van der Waals surface area contributed by atoms with Gasteiger partial charge in [0.05, 0.1) is 52.7 Å². The number of rotatable bonds is 13. The summed E-state index contributed by atoms with van der Waals surface area (Å²) in [5, 5.41) is 12.0. The normalized spacial score (nSPS) is 14.9. The molecule has 0 aliphatic carbocycles. The number of halogens is 2. The summed E-state index contributed by atoms with van der Waals surface area (Å²) in [6, 6.07) is 22.3. The first-order valence-corrected chi connectivity index (χ1v) is 18.6. The van der Waals surface area contributed by atoms with Crippen LogP contribution in [-0.4, -0.2) is 79.0 Å². The van der Waals surface area contributed by atoms with Gasteiger partial charge in [-0.1, -0.05) is 59.6 Å². The molecular formula is C38H40Cl2N4O5S. The van der Waals surface area contributed by atoms with Crippen LogP contribution in [0.2, 0.25) is 10.0 Å². The Morgan fingerprint density at radius 1 is 1.04 bits per heavy atom. The van der Waals surface area contributed by atoms with Gasteiger partial charge in [-0.15, -0.1) is 0 Å². The van der Waals surface area contributed by atoms with Crippen LogP contribution in [0.25, 0.3) is 10.8 Å². The van der Waals surface area contributed by atoms with Gasteiger partial charge in [0, 0.05) is 23.6 Å². The number of nitrogens with two attached hydrogens (primary N) is 1. The molecule has 50 heavy (non-hydrogen) atoms. The Morgan fingerprint density at radius 2 is 1.78 bits per heavy atom. The number of benzene rings is 4. The molecule has 2 amide bonds. The molecule has 0 bridgehead atoms. The number of fused-ring (bicyclic) bond motifs is 1. The summed E-state index contributed by atoms with van der Waals surface area (Å²) in [5.74, 6) is -0.260. The molecule has 0 radical (unpaired) electrons. The summed E-state index contributed by atoms with van der Waals surface area (Å²) in [5.41, 5.74) is 8.10. The van der Waals surface area contributed by atoms with Gasteiger partial charge in [-0.2, -0.15) is 5.26 Å². The van der Waals surface area contributed by atoms with Gasteiger partial charge in [-0.25, -0.2) is 0 Å². The van der Waals surface area contributed by atoms with Crippen LogP contribution in [0.4, 0.5) is 0 Å². The minimum Gasteiger partial charge on any atom is -0.497 e. The van der Waals surface area contributed by atoms with Crippen LogP contribution in [0.3, 0.4) is 0 Å². The van der Waals surface area contributed by atoms with Gasteiger partial charge in [0.25, 0.3) is 5.91 Å². The van der Waals surface area contributed by atoms with Crippen LogP contribution in [-0.2, 0) is 15.6 Å². The number of carbonyl (C=O) groups excluding carboxylic acids is 2. The minimum atomic E-state index is -1.14. The Morgan fingerprint density at radius 3 is 2.42 bits per heavy atom. The third-order valence-corrected chi connectivity index (χ3v) is 11.1. The van der Waals surface area contributed by atoms with Gasteiger partial charge in [-0.05, 0) is 97.0 Å². The molecule has 262 valence electrons. The molecule has 9 nitrogen and oxygen atoms in total. The molecule has 4 aromatic carbocycles. The molecule has 0 saturated carbocycles. The monoisotopic (exact) mass is 734 g/mol. The molecular weight excluding hydrogens is 695 g/mol. The third-order valence-electron chi connectivity index (χ3n) is 9.38. The van der Waals surface area contributed by atoms with E-state index in [0.29, 0.717) is 33.0 Å².